The van der Waals surface area contributed by atoms with Crippen molar-refractivity contribution < 1.29 is 19.8 Å². The van der Waals surface area contributed by atoms with Gasteiger partial charge in [0.1, 0.15) is 0 Å². The minimum atomic E-state index is -1.26. The van der Waals surface area contributed by atoms with Crippen LogP contribution in [0, 0.1) is 0 Å². The standard InChI is InChI=1S/C9H12N2.C4H4O4/c1-2-4-8-6-10-7-11-9(8)5-3-1;5-3(6)1-2-4(7)8/h1-3,5,10-11H,4,6-7H2;1-2H,(H,5,6)(H,7,8). The maximum Gasteiger partial charge on any atom is 0.328 e. The Morgan fingerprint density at radius 3 is 2.47 bits per heavy atom. The molecule has 0 bridgehead atoms. The Morgan fingerprint density at radius 2 is 1.84 bits per heavy atom. The smallest absolute Gasteiger partial charge is 0.328 e. The van der Waals surface area contributed by atoms with Gasteiger partial charge in [0.05, 0.1) is 6.67 Å². The second-order valence-corrected chi connectivity index (χ2v) is 3.80. The van der Waals surface area contributed by atoms with Crippen LogP contribution in [0.3, 0.4) is 0 Å². The summed E-state index contributed by atoms with van der Waals surface area (Å²) in [5.74, 6) is -2.51. The van der Waals surface area contributed by atoms with E-state index in [-0.39, 0.29) is 0 Å². The van der Waals surface area contributed by atoms with Gasteiger partial charge in [-0.05, 0) is 18.1 Å². The molecule has 0 aromatic rings. The number of carboxylic acid groups (broad SMARTS) is 2. The van der Waals surface area contributed by atoms with Crippen LogP contribution in [0.2, 0.25) is 0 Å². The molecule has 2 aliphatic rings. The van der Waals surface area contributed by atoms with Crippen LogP contribution in [-0.2, 0) is 9.59 Å². The lowest BCUT2D eigenvalue weighted by Gasteiger charge is -2.19. The highest BCUT2D eigenvalue weighted by Crippen LogP contribution is 2.13. The zero-order chi connectivity index (χ0) is 14.1. The molecule has 0 saturated heterocycles. The molecule has 0 radical (unpaired) electrons. The third-order valence-corrected chi connectivity index (χ3v) is 2.37. The molecule has 4 N–H and O–H groups in total. The highest BCUT2D eigenvalue weighted by Gasteiger charge is 2.08. The molecule has 0 unspecified atom stereocenters. The third kappa shape index (κ3) is 6.23. The molecule has 0 saturated carbocycles. The van der Waals surface area contributed by atoms with Crippen LogP contribution in [-0.4, -0.2) is 35.4 Å². The van der Waals surface area contributed by atoms with E-state index >= 15 is 0 Å². The summed E-state index contributed by atoms with van der Waals surface area (Å²) >= 11 is 0. The van der Waals surface area contributed by atoms with E-state index in [0.717, 1.165) is 19.6 Å². The van der Waals surface area contributed by atoms with Crippen molar-refractivity contribution in [3.05, 3.63) is 47.7 Å². The van der Waals surface area contributed by atoms with Gasteiger partial charge in [0, 0.05) is 24.4 Å². The van der Waals surface area contributed by atoms with E-state index in [2.05, 4.69) is 34.9 Å². The van der Waals surface area contributed by atoms with Crippen molar-refractivity contribution in [1.82, 2.24) is 10.6 Å². The van der Waals surface area contributed by atoms with Crippen LogP contribution < -0.4 is 10.6 Å². The van der Waals surface area contributed by atoms with E-state index < -0.39 is 11.9 Å². The Morgan fingerprint density at radius 1 is 1.16 bits per heavy atom. The first-order valence-electron chi connectivity index (χ1n) is 5.73. The highest BCUT2D eigenvalue weighted by atomic mass is 16.4. The van der Waals surface area contributed by atoms with Gasteiger partial charge in [-0.1, -0.05) is 18.2 Å². The first-order valence-corrected chi connectivity index (χ1v) is 5.73. The Labute approximate surface area is 110 Å². The van der Waals surface area contributed by atoms with Gasteiger partial charge >= 0.3 is 11.9 Å². The number of nitrogens with one attached hydrogen (secondary N) is 2. The van der Waals surface area contributed by atoms with Gasteiger partial charge in [0.15, 0.2) is 0 Å². The molecule has 0 aromatic heterocycles. The SMILES string of the molecule is C1=CCC2=C(C=C1)NCNC2.O=C(O)C=CC(=O)O. The lowest BCUT2D eigenvalue weighted by Crippen LogP contribution is -2.35. The fourth-order valence-electron chi connectivity index (χ4n) is 1.53. The van der Waals surface area contributed by atoms with E-state index in [9.17, 15) is 9.59 Å². The molecule has 0 fully saturated rings. The number of carbonyl (C=O) groups is 2. The Bertz CT molecular complexity index is 445. The van der Waals surface area contributed by atoms with E-state index in [1.165, 1.54) is 11.3 Å². The fourth-order valence-corrected chi connectivity index (χ4v) is 1.53. The van der Waals surface area contributed by atoms with Crippen molar-refractivity contribution in [2.75, 3.05) is 13.2 Å². The summed E-state index contributed by atoms with van der Waals surface area (Å²) in [5, 5.41) is 22.2. The molecule has 2 rings (SSSR count). The molecule has 6 heteroatoms. The predicted molar refractivity (Wildman–Crippen MR) is 70.3 cm³/mol. The second-order valence-electron chi connectivity index (χ2n) is 3.80. The first kappa shape index (κ1) is 14.7. The van der Waals surface area contributed by atoms with Crippen molar-refractivity contribution in [3.63, 3.8) is 0 Å². The van der Waals surface area contributed by atoms with E-state index in [4.69, 9.17) is 10.2 Å². The van der Waals surface area contributed by atoms with Gasteiger partial charge in [0.2, 0.25) is 0 Å². The van der Waals surface area contributed by atoms with Crippen LogP contribution in [0.15, 0.2) is 47.7 Å². The molecule has 0 amide bonds. The minimum Gasteiger partial charge on any atom is -0.478 e. The number of rotatable bonds is 2. The maximum atomic E-state index is 9.55. The number of hydrogen-bond acceptors (Lipinski definition) is 4. The highest BCUT2D eigenvalue weighted by molar-refractivity contribution is 5.89. The summed E-state index contributed by atoms with van der Waals surface area (Å²) in [4.78, 5) is 19.1. The van der Waals surface area contributed by atoms with Crippen molar-refractivity contribution in [1.29, 1.82) is 0 Å². The molecular weight excluding hydrogens is 248 g/mol. The summed E-state index contributed by atoms with van der Waals surface area (Å²) in [7, 11) is 0. The quantitative estimate of drug-likeness (QED) is 0.546. The molecule has 0 aromatic carbocycles. The largest absolute Gasteiger partial charge is 0.478 e. The first-order chi connectivity index (χ1) is 9.09. The number of aliphatic carboxylic acids is 2. The Hall–Kier alpha value is -2.34. The summed E-state index contributed by atoms with van der Waals surface area (Å²) in [6, 6.07) is 0. The number of hydrogen-bond donors (Lipinski definition) is 4. The zero-order valence-corrected chi connectivity index (χ0v) is 10.3. The van der Waals surface area contributed by atoms with E-state index in [1.54, 1.807) is 0 Å². The summed E-state index contributed by atoms with van der Waals surface area (Å²) in [6.07, 6.45) is 10.7. The maximum absolute atomic E-state index is 9.55. The van der Waals surface area contributed by atoms with Crippen LogP contribution >= 0.6 is 0 Å². The van der Waals surface area contributed by atoms with Crippen molar-refractivity contribution in [2.45, 2.75) is 6.42 Å². The third-order valence-electron chi connectivity index (χ3n) is 2.37. The molecule has 1 aliphatic carbocycles. The van der Waals surface area contributed by atoms with Crippen molar-refractivity contribution in [2.24, 2.45) is 0 Å². The lowest BCUT2D eigenvalue weighted by atomic mass is 10.1. The van der Waals surface area contributed by atoms with Crippen molar-refractivity contribution in [3.8, 4) is 0 Å². The molecule has 0 atom stereocenters. The summed E-state index contributed by atoms with van der Waals surface area (Å²) < 4.78 is 0. The van der Waals surface area contributed by atoms with Crippen LogP contribution in [0.5, 0.6) is 0 Å². The fraction of sp³-hybridized carbons (Fsp3) is 0.231. The average Bonchev–Trinajstić information content (AvgIpc) is 2.62. The van der Waals surface area contributed by atoms with Gasteiger partial charge in [-0.15, -0.1) is 0 Å². The van der Waals surface area contributed by atoms with E-state index in [1.807, 2.05) is 0 Å². The minimum absolute atomic E-state index is 0.558. The average molecular weight is 264 g/mol. The molecule has 0 spiro atoms. The predicted octanol–water partition coefficient (Wildman–Crippen LogP) is 0.619. The zero-order valence-electron chi connectivity index (χ0n) is 10.3. The number of carboxylic acids is 2. The van der Waals surface area contributed by atoms with Gasteiger partial charge in [-0.3, -0.25) is 5.32 Å². The second kappa shape index (κ2) is 7.88. The lowest BCUT2D eigenvalue weighted by molar-refractivity contribution is -0.134. The molecular formula is C13H16N2O4. The van der Waals surface area contributed by atoms with E-state index in [0.29, 0.717) is 12.2 Å². The topological polar surface area (TPSA) is 98.7 Å². The van der Waals surface area contributed by atoms with Gasteiger partial charge in [0.25, 0.3) is 0 Å². The summed E-state index contributed by atoms with van der Waals surface area (Å²) in [6.45, 7) is 1.92. The monoisotopic (exact) mass is 264 g/mol. The molecule has 1 aliphatic heterocycles. The Kier molecular flexibility index (Phi) is 6.11. The van der Waals surface area contributed by atoms with Gasteiger partial charge < -0.3 is 15.5 Å². The van der Waals surface area contributed by atoms with Crippen molar-refractivity contribution >= 4 is 11.9 Å². The van der Waals surface area contributed by atoms with Crippen LogP contribution in [0.4, 0.5) is 0 Å². The molecule has 6 nitrogen and oxygen atoms in total. The van der Waals surface area contributed by atoms with Gasteiger partial charge in [-0.2, -0.15) is 0 Å². The van der Waals surface area contributed by atoms with Crippen LogP contribution in [0.1, 0.15) is 6.42 Å². The Balaban J connectivity index is 0.000000203. The molecule has 19 heavy (non-hydrogen) atoms. The van der Waals surface area contributed by atoms with Gasteiger partial charge in [-0.25, -0.2) is 9.59 Å². The number of allylic oxidation sites excluding steroid dienone is 4. The molecule has 1 heterocycles. The van der Waals surface area contributed by atoms with Crippen LogP contribution in [0.25, 0.3) is 0 Å². The molecule has 102 valence electrons. The normalized spacial score (nSPS) is 17.1. The summed E-state index contributed by atoms with van der Waals surface area (Å²) in [5.41, 5.74) is 2.76.